The number of benzene rings is 2. The second kappa shape index (κ2) is 7.93. The van der Waals surface area contributed by atoms with Gasteiger partial charge in [0.25, 0.3) is 0 Å². The van der Waals surface area contributed by atoms with E-state index in [1.807, 2.05) is 54.6 Å². The number of thioether (sulfide) groups is 1. The number of ether oxygens (including phenoxy) is 1. The van der Waals surface area contributed by atoms with Crippen LogP contribution in [0.5, 0.6) is 5.75 Å². The predicted molar refractivity (Wildman–Crippen MR) is 108 cm³/mol. The number of nitrogens with two attached hydrogens (primary N) is 1. The molecule has 28 heavy (non-hydrogen) atoms. The standard InChI is InChI=1S/C20H21N5O2S/c1-27-16-10-6-5-9-15(16)18-23-24-20(25(18)21)28-17(13-7-3-2-4-8-13)19(26)22-14-11-12-14/h2-10,14,17H,11-12,21H2,1H3,(H,22,26). The van der Waals surface area contributed by atoms with E-state index in [0.29, 0.717) is 16.7 Å². The van der Waals surface area contributed by atoms with E-state index in [2.05, 4.69) is 15.5 Å². The van der Waals surface area contributed by atoms with Crippen molar-refractivity contribution in [2.75, 3.05) is 13.0 Å². The minimum atomic E-state index is -0.459. The van der Waals surface area contributed by atoms with E-state index in [-0.39, 0.29) is 11.9 Å². The number of carbonyl (C=O) groups is 1. The zero-order valence-electron chi connectivity index (χ0n) is 15.4. The van der Waals surface area contributed by atoms with E-state index >= 15 is 0 Å². The molecule has 1 heterocycles. The van der Waals surface area contributed by atoms with Gasteiger partial charge in [-0.1, -0.05) is 54.2 Å². The number of nitrogens with one attached hydrogen (secondary N) is 1. The number of para-hydroxylation sites is 1. The molecule has 3 N–H and O–H groups in total. The van der Waals surface area contributed by atoms with Crippen LogP contribution in [0, 0.1) is 0 Å². The molecule has 1 unspecified atom stereocenters. The predicted octanol–water partition coefficient (Wildman–Crippen LogP) is 2.78. The smallest absolute Gasteiger partial charge is 0.238 e. The highest BCUT2D eigenvalue weighted by atomic mass is 32.2. The molecule has 2 aromatic carbocycles. The number of carbonyl (C=O) groups excluding carboxylic acids is 1. The second-order valence-electron chi connectivity index (χ2n) is 6.57. The summed E-state index contributed by atoms with van der Waals surface area (Å²) in [5.74, 6) is 7.38. The molecule has 0 saturated heterocycles. The quantitative estimate of drug-likeness (QED) is 0.472. The van der Waals surface area contributed by atoms with Crippen molar-refractivity contribution in [3.63, 3.8) is 0 Å². The first-order valence-corrected chi connectivity index (χ1v) is 9.91. The molecule has 1 saturated carbocycles. The summed E-state index contributed by atoms with van der Waals surface area (Å²) in [4.78, 5) is 12.8. The molecule has 0 bridgehead atoms. The molecule has 1 aromatic heterocycles. The maximum atomic E-state index is 12.8. The first-order valence-electron chi connectivity index (χ1n) is 9.03. The third-order valence-electron chi connectivity index (χ3n) is 4.50. The molecule has 3 aromatic rings. The summed E-state index contributed by atoms with van der Waals surface area (Å²) in [6.07, 6.45) is 2.06. The topological polar surface area (TPSA) is 95.1 Å². The molecule has 1 atom stereocenters. The molecule has 1 aliphatic rings. The van der Waals surface area contributed by atoms with E-state index in [9.17, 15) is 4.79 Å². The van der Waals surface area contributed by atoms with Gasteiger partial charge in [0.15, 0.2) is 5.82 Å². The maximum absolute atomic E-state index is 12.8. The summed E-state index contributed by atoms with van der Waals surface area (Å²) in [5.41, 5.74) is 1.64. The number of nitrogen functional groups attached to an aromatic ring is 1. The number of hydrogen-bond acceptors (Lipinski definition) is 6. The summed E-state index contributed by atoms with van der Waals surface area (Å²) in [5, 5.41) is 11.5. The Balaban J connectivity index is 1.64. The molecule has 0 spiro atoms. The second-order valence-corrected chi connectivity index (χ2v) is 7.64. The Kier molecular flexibility index (Phi) is 5.21. The van der Waals surface area contributed by atoms with Crippen molar-refractivity contribution < 1.29 is 9.53 Å². The van der Waals surface area contributed by atoms with Gasteiger partial charge in [-0.25, -0.2) is 4.68 Å². The zero-order valence-corrected chi connectivity index (χ0v) is 16.2. The number of aromatic nitrogens is 3. The molecule has 4 rings (SSSR count). The summed E-state index contributed by atoms with van der Waals surface area (Å²) < 4.78 is 6.80. The van der Waals surface area contributed by atoms with E-state index in [4.69, 9.17) is 10.6 Å². The van der Waals surface area contributed by atoms with E-state index in [0.717, 1.165) is 24.0 Å². The Bertz CT molecular complexity index is 972. The normalized spacial score (nSPS) is 14.5. The van der Waals surface area contributed by atoms with Crippen LogP contribution in [0.15, 0.2) is 59.8 Å². The average molecular weight is 395 g/mol. The van der Waals surface area contributed by atoms with Gasteiger partial charge < -0.3 is 15.9 Å². The number of hydrogen-bond donors (Lipinski definition) is 2. The van der Waals surface area contributed by atoms with Crippen LogP contribution in [-0.4, -0.2) is 33.9 Å². The fourth-order valence-corrected chi connectivity index (χ4v) is 3.85. The average Bonchev–Trinajstić information content (AvgIpc) is 3.47. The van der Waals surface area contributed by atoms with E-state index in [1.165, 1.54) is 16.4 Å². The molecule has 7 nitrogen and oxygen atoms in total. The monoisotopic (exact) mass is 395 g/mol. The Labute approximate surface area is 167 Å². The van der Waals surface area contributed by atoms with Gasteiger partial charge in [-0.15, -0.1) is 10.2 Å². The van der Waals surface area contributed by atoms with Gasteiger partial charge in [0, 0.05) is 6.04 Å². The number of amides is 1. The largest absolute Gasteiger partial charge is 0.496 e. The summed E-state index contributed by atoms with van der Waals surface area (Å²) in [6.45, 7) is 0. The van der Waals surface area contributed by atoms with Crippen LogP contribution in [0.25, 0.3) is 11.4 Å². The summed E-state index contributed by atoms with van der Waals surface area (Å²) >= 11 is 1.29. The van der Waals surface area contributed by atoms with Gasteiger partial charge >= 0.3 is 0 Å². The lowest BCUT2D eigenvalue weighted by atomic mass is 10.1. The van der Waals surface area contributed by atoms with Gasteiger partial charge in [0.05, 0.1) is 12.7 Å². The molecule has 8 heteroatoms. The van der Waals surface area contributed by atoms with Crippen LogP contribution in [0.1, 0.15) is 23.7 Å². The minimum absolute atomic E-state index is 0.0412. The van der Waals surface area contributed by atoms with Crippen LogP contribution >= 0.6 is 11.8 Å². The van der Waals surface area contributed by atoms with Gasteiger partial charge in [-0.05, 0) is 30.5 Å². The van der Waals surface area contributed by atoms with Crippen molar-refractivity contribution in [3.05, 3.63) is 60.2 Å². The van der Waals surface area contributed by atoms with Crippen LogP contribution in [-0.2, 0) is 4.79 Å². The third kappa shape index (κ3) is 3.82. The molecule has 0 radical (unpaired) electrons. The number of methoxy groups -OCH3 is 1. The Morgan fingerprint density at radius 1 is 1.18 bits per heavy atom. The molecule has 1 amide bonds. The molecular formula is C20H21N5O2S. The van der Waals surface area contributed by atoms with Gasteiger partial charge in [-0.3, -0.25) is 4.79 Å². The minimum Gasteiger partial charge on any atom is -0.496 e. The van der Waals surface area contributed by atoms with E-state index < -0.39 is 5.25 Å². The third-order valence-corrected chi connectivity index (χ3v) is 5.71. The van der Waals surface area contributed by atoms with Crippen molar-refractivity contribution in [3.8, 4) is 17.1 Å². The summed E-state index contributed by atoms with van der Waals surface area (Å²) in [6, 6.07) is 17.4. The van der Waals surface area contributed by atoms with Crippen LogP contribution in [0.2, 0.25) is 0 Å². The number of rotatable bonds is 7. The Morgan fingerprint density at radius 3 is 2.61 bits per heavy atom. The first kappa shape index (κ1) is 18.4. The van der Waals surface area contributed by atoms with E-state index in [1.54, 1.807) is 7.11 Å². The molecule has 0 aliphatic heterocycles. The SMILES string of the molecule is COc1ccccc1-c1nnc(SC(C(=O)NC2CC2)c2ccccc2)n1N. The summed E-state index contributed by atoms with van der Waals surface area (Å²) in [7, 11) is 1.60. The van der Waals surface area contributed by atoms with Crippen molar-refractivity contribution in [2.24, 2.45) is 0 Å². The van der Waals surface area contributed by atoms with Gasteiger partial charge in [-0.2, -0.15) is 0 Å². The fourth-order valence-electron chi connectivity index (χ4n) is 2.88. The molecule has 144 valence electrons. The maximum Gasteiger partial charge on any atom is 0.238 e. The van der Waals surface area contributed by atoms with Gasteiger partial charge in [0.1, 0.15) is 11.0 Å². The van der Waals surface area contributed by atoms with Crippen molar-refractivity contribution in [1.82, 2.24) is 20.2 Å². The molecular weight excluding hydrogens is 374 g/mol. The lowest BCUT2D eigenvalue weighted by molar-refractivity contribution is -0.120. The van der Waals surface area contributed by atoms with Crippen molar-refractivity contribution in [1.29, 1.82) is 0 Å². The number of nitrogens with zero attached hydrogens (tertiary/aromatic N) is 3. The lowest BCUT2D eigenvalue weighted by Crippen LogP contribution is -2.30. The van der Waals surface area contributed by atoms with Gasteiger partial charge in [0.2, 0.25) is 11.1 Å². The fraction of sp³-hybridized carbons (Fsp3) is 0.250. The molecule has 1 fully saturated rings. The Morgan fingerprint density at radius 2 is 1.89 bits per heavy atom. The van der Waals surface area contributed by atoms with Crippen molar-refractivity contribution >= 4 is 17.7 Å². The first-order chi connectivity index (χ1) is 13.7. The highest BCUT2D eigenvalue weighted by Crippen LogP contribution is 2.37. The lowest BCUT2D eigenvalue weighted by Gasteiger charge is -2.16. The highest BCUT2D eigenvalue weighted by molar-refractivity contribution is 8.00. The highest BCUT2D eigenvalue weighted by Gasteiger charge is 2.30. The van der Waals surface area contributed by atoms with Crippen LogP contribution in [0.3, 0.4) is 0 Å². The zero-order chi connectivity index (χ0) is 19.5. The van der Waals surface area contributed by atoms with Crippen LogP contribution < -0.4 is 15.9 Å². The van der Waals surface area contributed by atoms with Crippen molar-refractivity contribution in [2.45, 2.75) is 29.3 Å². The van der Waals surface area contributed by atoms with Crippen LogP contribution in [0.4, 0.5) is 0 Å². The Hall–Kier alpha value is -3.00. The molecule has 1 aliphatic carbocycles.